The molecule has 1 saturated heterocycles. The molecule has 0 radical (unpaired) electrons. The number of carbonyl (C=O) groups excluding carboxylic acids is 1. The number of benzene rings is 1. The van der Waals surface area contributed by atoms with Gasteiger partial charge in [0.1, 0.15) is 4.21 Å². The minimum atomic E-state index is -3.54. The van der Waals surface area contributed by atoms with E-state index < -0.39 is 10.0 Å². The molecule has 1 fully saturated rings. The molecule has 2 heterocycles. The Morgan fingerprint density at radius 2 is 1.89 bits per heavy atom. The Kier molecular flexibility index (Phi) is 5.98. The lowest BCUT2D eigenvalue weighted by molar-refractivity contribution is -0.120. The number of rotatable bonds is 4. The number of amides is 1. The van der Waals surface area contributed by atoms with Gasteiger partial charge in [-0.1, -0.05) is 39.0 Å². The minimum Gasteiger partial charge on any atom is -0.326 e. The zero-order valence-corrected chi connectivity index (χ0v) is 18.5. The second-order valence-corrected chi connectivity index (χ2v) is 11.8. The van der Waals surface area contributed by atoms with Crippen molar-refractivity contribution in [2.24, 2.45) is 5.92 Å². The van der Waals surface area contributed by atoms with E-state index in [1.165, 1.54) is 15.6 Å². The number of nitrogens with one attached hydrogen (secondary N) is 1. The lowest BCUT2D eigenvalue weighted by Gasteiger charge is -2.31. The Morgan fingerprint density at radius 3 is 2.54 bits per heavy atom. The lowest BCUT2D eigenvalue weighted by atomic mass is 9.85. The van der Waals surface area contributed by atoms with Gasteiger partial charge >= 0.3 is 0 Å². The maximum Gasteiger partial charge on any atom is 0.252 e. The number of anilines is 1. The Morgan fingerprint density at radius 1 is 1.18 bits per heavy atom. The number of piperidine rings is 1. The van der Waals surface area contributed by atoms with E-state index in [0.717, 1.165) is 16.1 Å². The first-order valence-electron chi connectivity index (χ1n) is 9.56. The third-order valence-corrected chi connectivity index (χ3v) is 8.39. The molecule has 0 aliphatic carbocycles. The largest absolute Gasteiger partial charge is 0.326 e. The first-order chi connectivity index (χ1) is 13.1. The van der Waals surface area contributed by atoms with Crippen molar-refractivity contribution in [1.82, 2.24) is 4.31 Å². The molecule has 1 aromatic carbocycles. The van der Waals surface area contributed by atoms with E-state index in [4.69, 9.17) is 0 Å². The predicted octanol–water partition coefficient (Wildman–Crippen LogP) is 4.39. The molecule has 152 valence electrons. The highest BCUT2D eigenvalue weighted by Gasteiger charge is 2.34. The minimum absolute atomic E-state index is 0.0944. The predicted molar refractivity (Wildman–Crippen MR) is 114 cm³/mol. The molecule has 0 bridgehead atoms. The lowest BCUT2D eigenvalue weighted by Crippen LogP contribution is -2.43. The van der Waals surface area contributed by atoms with Crippen LogP contribution < -0.4 is 5.32 Å². The monoisotopic (exact) mass is 420 g/mol. The van der Waals surface area contributed by atoms with Gasteiger partial charge in [-0.3, -0.25) is 4.79 Å². The van der Waals surface area contributed by atoms with Crippen molar-refractivity contribution in [3.8, 4) is 0 Å². The summed E-state index contributed by atoms with van der Waals surface area (Å²) in [5.74, 6) is -0.462. The van der Waals surface area contributed by atoms with Crippen LogP contribution in [0.4, 0.5) is 5.69 Å². The highest BCUT2D eigenvalue weighted by molar-refractivity contribution is 7.91. The van der Waals surface area contributed by atoms with Gasteiger partial charge in [-0.15, -0.1) is 11.3 Å². The summed E-state index contributed by atoms with van der Waals surface area (Å²) in [7, 11) is -3.54. The number of nitrogens with zero attached hydrogens (tertiary/aromatic N) is 1. The summed E-state index contributed by atoms with van der Waals surface area (Å²) in [6, 6.07) is 11.3. The number of sulfonamides is 1. The van der Waals surface area contributed by atoms with Crippen molar-refractivity contribution in [3.63, 3.8) is 0 Å². The molecule has 28 heavy (non-hydrogen) atoms. The molecule has 0 spiro atoms. The van der Waals surface area contributed by atoms with Crippen molar-refractivity contribution >= 4 is 33.0 Å². The maximum atomic E-state index is 12.9. The summed E-state index contributed by atoms with van der Waals surface area (Å²) in [6.45, 7) is 8.90. The van der Waals surface area contributed by atoms with E-state index >= 15 is 0 Å². The van der Waals surface area contributed by atoms with Gasteiger partial charge in [-0.25, -0.2) is 8.42 Å². The van der Waals surface area contributed by atoms with Gasteiger partial charge in [-0.2, -0.15) is 4.31 Å². The molecule has 1 aliphatic heterocycles. The van der Waals surface area contributed by atoms with Gasteiger partial charge in [0, 0.05) is 23.7 Å². The van der Waals surface area contributed by atoms with Gasteiger partial charge < -0.3 is 5.32 Å². The Balaban J connectivity index is 1.76. The fourth-order valence-electron chi connectivity index (χ4n) is 3.53. The van der Waals surface area contributed by atoms with Gasteiger partial charge in [0.05, 0.1) is 5.92 Å². The van der Waals surface area contributed by atoms with Crippen LogP contribution in [0.15, 0.2) is 40.6 Å². The van der Waals surface area contributed by atoms with Gasteiger partial charge in [0.15, 0.2) is 0 Å². The summed E-state index contributed by atoms with van der Waals surface area (Å²) < 4.78 is 27.6. The molecule has 0 unspecified atom stereocenters. The zero-order chi connectivity index (χ0) is 20.5. The van der Waals surface area contributed by atoms with E-state index in [-0.39, 0.29) is 23.8 Å². The van der Waals surface area contributed by atoms with Gasteiger partial charge in [-0.05, 0) is 48.9 Å². The smallest absolute Gasteiger partial charge is 0.252 e. The van der Waals surface area contributed by atoms with Crippen molar-refractivity contribution in [2.45, 2.75) is 50.2 Å². The van der Waals surface area contributed by atoms with E-state index in [0.29, 0.717) is 23.6 Å². The highest BCUT2D eigenvalue weighted by Crippen LogP contribution is 2.31. The summed E-state index contributed by atoms with van der Waals surface area (Å²) in [5.41, 5.74) is 1.77. The van der Waals surface area contributed by atoms with Crippen LogP contribution in [0.3, 0.4) is 0 Å². The number of carbonyl (C=O) groups is 1. The Bertz CT molecular complexity index is 958. The van der Waals surface area contributed by atoms with Crippen LogP contribution in [0.1, 0.15) is 44.1 Å². The molecular formula is C21H28N2O3S2. The Labute approximate surface area is 171 Å². The Hall–Kier alpha value is -1.70. The number of hydrogen-bond donors (Lipinski definition) is 1. The summed E-state index contributed by atoms with van der Waals surface area (Å²) in [6.07, 6.45) is 1.38. The van der Waals surface area contributed by atoms with Crippen molar-refractivity contribution in [2.75, 3.05) is 18.4 Å². The van der Waals surface area contributed by atoms with E-state index in [1.54, 1.807) is 6.07 Å². The number of para-hydroxylation sites is 1. The molecule has 3 rings (SSSR count). The van der Waals surface area contributed by atoms with Crippen LogP contribution >= 0.6 is 11.3 Å². The van der Waals surface area contributed by atoms with Crippen molar-refractivity contribution in [3.05, 3.63) is 46.8 Å². The van der Waals surface area contributed by atoms with Crippen molar-refractivity contribution in [1.29, 1.82) is 0 Å². The van der Waals surface area contributed by atoms with Crippen molar-refractivity contribution < 1.29 is 13.2 Å². The maximum absolute atomic E-state index is 12.9. The standard InChI is InChI=1S/C21H28N2O3S2/c1-15-11-12-19(27-15)28(25,26)23-13-7-8-16(14-23)20(24)22-18-10-6-5-9-17(18)21(2,3)4/h5-6,9-12,16H,7-8,13-14H2,1-4H3,(H,22,24)/t16-/m1/s1. The van der Waals surface area contributed by atoms with Crippen LogP contribution in [0.2, 0.25) is 0 Å². The average Bonchev–Trinajstić information content (AvgIpc) is 3.08. The molecule has 0 saturated carbocycles. The fraction of sp³-hybridized carbons (Fsp3) is 0.476. The van der Waals surface area contributed by atoms with Crippen LogP contribution in [0.25, 0.3) is 0 Å². The molecule has 2 aromatic rings. The van der Waals surface area contributed by atoms with Gasteiger partial charge in [0.25, 0.3) is 10.0 Å². The topological polar surface area (TPSA) is 66.5 Å². The third kappa shape index (κ3) is 4.47. The number of hydrogen-bond acceptors (Lipinski definition) is 4. The fourth-order valence-corrected chi connectivity index (χ4v) is 6.50. The normalized spacial score (nSPS) is 18.8. The zero-order valence-electron chi connectivity index (χ0n) is 16.9. The molecule has 7 heteroatoms. The molecular weight excluding hydrogens is 392 g/mol. The van der Waals surface area contributed by atoms with Crippen LogP contribution in [-0.2, 0) is 20.2 Å². The van der Waals surface area contributed by atoms with Gasteiger partial charge in [0.2, 0.25) is 5.91 Å². The molecule has 1 N–H and O–H groups in total. The van der Waals surface area contributed by atoms with E-state index in [9.17, 15) is 13.2 Å². The molecule has 1 aromatic heterocycles. The highest BCUT2D eigenvalue weighted by atomic mass is 32.2. The number of aryl methyl sites for hydroxylation is 1. The second-order valence-electron chi connectivity index (χ2n) is 8.35. The molecule has 5 nitrogen and oxygen atoms in total. The first kappa shape index (κ1) is 21.0. The summed E-state index contributed by atoms with van der Waals surface area (Å²) in [4.78, 5) is 13.9. The molecule has 1 amide bonds. The SMILES string of the molecule is Cc1ccc(S(=O)(=O)N2CCC[C@@H](C(=O)Nc3ccccc3C(C)(C)C)C2)s1. The average molecular weight is 421 g/mol. The summed E-state index contributed by atoms with van der Waals surface area (Å²) in [5, 5.41) is 3.04. The van der Waals surface area contributed by atoms with E-state index in [2.05, 4.69) is 26.1 Å². The van der Waals surface area contributed by atoms with Crippen LogP contribution in [-0.4, -0.2) is 31.7 Å². The summed E-state index contributed by atoms with van der Waals surface area (Å²) >= 11 is 1.28. The molecule has 1 aliphatic rings. The van der Waals surface area contributed by atoms with Crippen LogP contribution in [0, 0.1) is 12.8 Å². The van der Waals surface area contributed by atoms with E-state index in [1.807, 2.05) is 37.3 Å². The first-order valence-corrected chi connectivity index (χ1v) is 11.8. The quantitative estimate of drug-likeness (QED) is 0.797. The molecule has 1 atom stereocenters. The third-order valence-electron chi connectivity index (χ3n) is 5.06. The second kappa shape index (κ2) is 7.97. The number of thiophene rings is 1. The van der Waals surface area contributed by atoms with Crippen LogP contribution in [0.5, 0.6) is 0 Å².